The molecule has 16 heavy (non-hydrogen) atoms. The number of nitrogen functional groups attached to an aromatic ring is 1. The average Bonchev–Trinajstić information content (AvgIpc) is 2.31. The smallest absolute Gasteiger partial charge is 0.140 e. The van der Waals surface area contributed by atoms with Crippen LogP contribution in [0.1, 0.15) is 32.3 Å². The van der Waals surface area contributed by atoms with E-state index in [9.17, 15) is 0 Å². The Hall–Kier alpha value is -1.13. The van der Waals surface area contributed by atoms with Crippen molar-refractivity contribution in [3.05, 3.63) is 23.9 Å². The molecule has 0 aromatic carbocycles. The van der Waals surface area contributed by atoms with Crippen molar-refractivity contribution >= 4 is 5.82 Å². The maximum absolute atomic E-state index is 5.34. The van der Waals surface area contributed by atoms with Crippen molar-refractivity contribution in [2.24, 2.45) is 5.84 Å². The molecule has 0 fully saturated rings. The van der Waals surface area contributed by atoms with Gasteiger partial charge < -0.3 is 5.43 Å². The number of nitrogens with two attached hydrogens (primary N) is 1. The lowest BCUT2D eigenvalue weighted by atomic mass is 10.1. The van der Waals surface area contributed by atoms with Gasteiger partial charge in [0.1, 0.15) is 5.82 Å². The van der Waals surface area contributed by atoms with Gasteiger partial charge in [0.05, 0.1) is 0 Å². The molecule has 0 aliphatic carbocycles. The largest absolute Gasteiger partial charge is 0.308 e. The highest BCUT2D eigenvalue weighted by Gasteiger charge is 2.10. The van der Waals surface area contributed by atoms with Crippen molar-refractivity contribution < 1.29 is 0 Å². The lowest BCUT2D eigenvalue weighted by Gasteiger charge is -2.26. The van der Waals surface area contributed by atoms with Crippen LogP contribution in [0, 0.1) is 0 Å². The van der Waals surface area contributed by atoms with E-state index in [4.69, 9.17) is 5.84 Å². The van der Waals surface area contributed by atoms with E-state index in [1.165, 1.54) is 18.4 Å². The highest BCUT2D eigenvalue weighted by molar-refractivity contribution is 5.35. The van der Waals surface area contributed by atoms with E-state index in [1.807, 2.05) is 12.1 Å². The van der Waals surface area contributed by atoms with Crippen LogP contribution in [0.5, 0.6) is 0 Å². The molecule has 1 aromatic heterocycles. The van der Waals surface area contributed by atoms with Gasteiger partial charge >= 0.3 is 0 Å². The van der Waals surface area contributed by atoms with Gasteiger partial charge in [-0.3, -0.25) is 4.90 Å². The summed E-state index contributed by atoms with van der Waals surface area (Å²) in [5.41, 5.74) is 3.80. The van der Waals surface area contributed by atoms with Gasteiger partial charge in [-0.05, 0) is 37.6 Å². The Balaban J connectivity index is 2.64. The highest BCUT2D eigenvalue weighted by Crippen LogP contribution is 2.12. The summed E-state index contributed by atoms with van der Waals surface area (Å²) in [5, 5.41) is 0. The number of hydrogen-bond donors (Lipinski definition) is 2. The molecule has 1 rings (SSSR count). The summed E-state index contributed by atoms with van der Waals surface area (Å²) in [6.07, 6.45) is 4.14. The van der Waals surface area contributed by atoms with E-state index < -0.39 is 0 Å². The van der Waals surface area contributed by atoms with Gasteiger partial charge in [0.2, 0.25) is 0 Å². The van der Waals surface area contributed by atoms with E-state index in [0.29, 0.717) is 6.04 Å². The molecule has 0 atom stereocenters. The van der Waals surface area contributed by atoms with Gasteiger partial charge in [0.15, 0.2) is 0 Å². The first kappa shape index (κ1) is 12.9. The number of nitrogens with one attached hydrogen (secondary N) is 1. The first-order valence-corrected chi connectivity index (χ1v) is 5.83. The number of aromatic nitrogens is 1. The fraction of sp³-hybridized carbons (Fsp3) is 0.583. The molecule has 0 amide bonds. The van der Waals surface area contributed by atoms with Crippen LogP contribution >= 0.6 is 0 Å². The minimum atomic E-state index is 0.641. The van der Waals surface area contributed by atoms with Crippen LogP contribution in [-0.2, 0) is 6.54 Å². The predicted octanol–water partition coefficient (Wildman–Crippen LogP) is 1.99. The molecule has 0 saturated carbocycles. The fourth-order valence-electron chi connectivity index (χ4n) is 1.98. The molecular formula is C12H22N4. The highest BCUT2D eigenvalue weighted by atomic mass is 15.2. The second kappa shape index (κ2) is 6.45. The first-order chi connectivity index (χ1) is 7.71. The lowest BCUT2D eigenvalue weighted by molar-refractivity contribution is 0.222. The zero-order valence-electron chi connectivity index (χ0n) is 10.4. The Morgan fingerprint density at radius 3 is 2.69 bits per heavy atom. The fourth-order valence-corrected chi connectivity index (χ4v) is 1.98. The number of hydrazine groups is 1. The molecule has 1 heterocycles. The summed E-state index contributed by atoms with van der Waals surface area (Å²) in [4.78, 5) is 6.47. The lowest BCUT2D eigenvalue weighted by Crippen LogP contribution is -2.30. The normalized spacial score (nSPS) is 11.1. The SMILES string of the molecule is CCC(CC)N(C)Cc1ccnc(NN)c1. The summed E-state index contributed by atoms with van der Waals surface area (Å²) in [6, 6.07) is 4.65. The Morgan fingerprint density at radius 2 is 2.12 bits per heavy atom. The van der Waals surface area contributed by atoms with Gasteiger partial charge in [-0.25, -0.2) is 10.8 Å². The van der Waals surface area contributed by atoms with E-state index in [2.05, 4.69) is 36.2 Å². The third-order valence-electron chi connectivity index (χ3n) is 2.97. The molecule has 3 N–H and O–H groups in total. The van der Waals surface area contributed by atoms with Gasteiger partial charge in [0, 0.05) is 18.8 Å². The second-order valence-electron chi connectivity index (χ2n) is 4.08. The average molecular weight is 222 g/mol. The molecule has 90 valence electrons. The van der Waals surface area contributed by atoms with Crippen molar-refractivity contribution in [1.82, 2.24) is 9.88 Å². The van der Waals surface area contributed by atoms with Gasteiger partial charge in [-0.15, -0.1) is 0 Å². The second-order valence-corrected chi connectivity index (χ2v) is 4.08. The summed E-state index contributed by atoms with van der Waals surface area (Å²) in [6.45, 7) is 5.39. The van der Waals surface area contributed by atoms with Crippen LogP contribution < -0.4 is 11.3 Å². The number of pyridine rings is 1. The Kier molecular flexibility index (Phi) is 5.22. The number of anilines is 1. The molecular weight excluding hydrogens is 200 g/mol. The molecule has 0 spiro atoms. The molecule has 4 heteroatoms. The van der Waals surface area contributed by atoms with Crippen LogP contribution in [-0.4, -0.2) is 23.0 Å². The molecule has 0 aliphatic heterocycles. The van der Waals surface area contributed by atoms with E-state index >= 15 is 0 Å². The van der Waals surface area contributed by atoms with Crippen LogP contribution in [0.25, 0.3) is 0 Å². The molecule has 0 aliphatic rings. The summed E-state index contributed by atoms with van der Waals surface area (Å²) in [7, 11) is 2.16. The molecule has 1 aromatic rings. The van der Waals surface area contributed by atoms with Crippen molar-refractivity contribution in [2.75, 3.05) is 12.5 Å². The van der Waals surface area contributed by atoms with Gasteiger partial charge in [-0.1, -0.05) is 13.8 Å². The van der Waals surface area contributed by atoms with Gasteiger partial charge in [-0.2, -0.15) is 0 Å². The number of nitrogens with zero attached hydrogens (tertiary/aromatic N) is 2. The minimum absolute atomic E-state index is 0.641. The molecule has 4 nitrogen and oxygen atoms in total. The molecule has 0 bridgehead atoms. The van der Waals surface area contributed by atoms with Crippen molar-refractivity contribution in [3.63, 3.8) is 0 Å². The maximum atomic E-state index is 5.34. The third-order valence-corrected chi connectivity index (χ3v) is 2.97. The standard InChI is InChI=1S/C12H22N4/c1-4-11(5-2)16(3)9-10-6-7-14-12(8-10)15-13/h6-8,11H,4-5,9,13H2,1-3H3,(H,14,15). The van der Waals surface area contributed by atoms with Crippen molar-refractivity contribution in [3.8, 4) is 0 Å². The maximum Gasteiger partial charge on any atom is 0.140 e. The first-order valence-electron chi connectivity index (χ1n) is 5.83. The van der Waals surface area contributed by atoms with E-state index in [-0.39, 0.29) is 0 Å². The quantitative estimate of drug-likeness (QED) is 0.571. The Morgan fingerprint density at radius 1 is 1.44 bits per heavy atom. The van der Waals surface area contributed by atoms with Crippen LogP contribution in [0.4, 0.5) is 5.82 Å². The topological polar surface area (TPSA) is 54.2 Å². The predicted molar refractivity (Wildman–Crippen MR) is 67.9 cm³/mol. The zero-order chi connectivity index (χ0) is 12.0. The summed E-state index contributed by atoms with van der Waals surface area (Å²) in [5.74, 6) is 6.05. The summed E-state index contributed by atoms with van der Waals surface area (Å²) < 4.78 is 0. The van der Waals surface area contributed by atoms with E-state index in [1.54, 1.807) is 6.20 Å². The Labute approximate surface area is 97.8 Å². The van der Waals surface area contributed by atoms with Gasteiger partial charge in [0.25, 0.3) is 0 Å². The monoisotopic (exact) mass is 222 g/mol. The van der Waals surface area contributed by atoms with E-state index in [0.717, 1.165) is 12.4 Å². The molecule has 0 unspecified atom stereocenters. The van der Waals surface area contributed by atoms with Crippen molar-refractivity contribution in [2.45, 2.75) is 39.3 Å². The third kappa shape index (κ3) is 3.47. The van der Waals surface area contributed by atoms with Crippen LogP contribution in [0.15, 0.2) is 18.3 Å². The summed E-state index contributed by atoms with van der Waals surface area (Å²) >= 11 is 0. The van der Waals surface area contributed by atoms with Crippen molar-refractivity contribution in [1.29, 1.82) is 0 Å². The number of hydrogen-bond acceptors (Lipinski definition) is 4. The molecule has 0 radical (unpaired) electrons. The van der Waals surface area contributed by atoms with Crippen LogP contribution in [0.2, 0.25) is 0 Å². The Bertz CT molecular complexity index is 310. The minimum Gasteiger partial charge on any atom is -0.308 e. The molecule has 0 saturated heterocycles. The zero-order valence-corrected chi connectivity index (χ0v) is 10.4. The number of rotatable bonds is 6. The van der Waals surface area contributed by atoms with Crippen LogP contribution in [0.3, 0.4) is 0 Å².